The summed E-state index contributed by atoms with van der Waals surface area (Å²) in [6.45, 7) is 5.55. The van der Waals surface area contributed by atoms with E-state index in [0.29, 0.717) is 17.3 Å². The van der Waals surface area contributed by atoms with Crippen LogP contribution in [0.5, 0.6) is 0 Å². The topological polar surface area (TPSA) is 84.9 Å². The molecule has 8 heteroatoms. The van der Waals surface area contributed by atoms with Crippen LogP contribution in [0.3, 0.4) is 0 Å². The van der Waals surface area contributed by atoms with Gasteiger partial charge >= 0.3 is 0 Å². The van der Waals surface area contributed by atoms with Crippen LogP contribution in [0.25, 0.3) is 39.5 Å². The molecule has 2 aromatic carbocycles. The van der Waals surface area contributed by atoms with Gasteiger partial charge < -0.3 is 11.1 Å². The first-order valence-electron chi connectivity index (χ1n) is 13.0. The van der Waals surface area contributed by atoms with Gasteiger partial charge in [0.1, 0.15) is 17.2 Å². The van der Waals surface area contributed by atoms with Crippen molar-refractivity contribution in [2.75, 3.05) is 31.9 Å². The summed E-state index contributed by atoms with van der Waals surface area (Å²) in [5.41, 5.74) is 12.3. The number of likely N-dealkylation sites (tertiary alicyclic amines) is 1. The van der Waals surface area contributed by atoms with Crippen LogP contribution in [-0.2, 0) is 6.54 Å². The minimum absolute atomic E-state index is 0.275. The highest BCUT2D eigenvalue weighted by Crippen LogP contribution is 2.32. The Bertz CT molecular complexity index is 1600. The highest BCUT2D eigenvalue weighted by Gasteiger charge is 2.35. The standard InChI is InChI=1S/C30H28FN7/c31-23-7-5-20(6-8-23)26-11-12-27-30(35-26)38(29(36-27)25-2-1-13-34-28(25)32)24-9-3-19(4-10-24)16-37-17-21-14-33-15-22(21)18-37/h1-13,21-22,33H,14-18H2,(H2,32,34)/t21-,22-/m1/s1. The molecule has 5 aromatic rings. The second-order valence-corrected chi connectivity index (χ2v) is 10.3. The quantitative estimate of drug-likeness (QED) is 0.365. The third-order valence-electron chi connectivity index (χ3n) is 7.79. The number of nitrogens with two attached hydrogens (primary N) is 1. The number of anilines is 1. The molecule has 0 spiro atoms. The van der Waals surface area contributed by atoms with Crippen LogP contribution in [-0.4, -0.2) is 50.6 Å². The minimum Gasteiger partial charge on any atom is -0.383 e. The van der Waals surface area contributed by atoms with Gasteiger partial charge in [0.05, 0.1) is 11.3 Å². The number of nitrogens with one attached hydrogen (secondary N) is 1. The molecule has 5 heterocycles. The van der Waals surface area contributed by atoms with Crippen molar-refractivity contribution >= 4 is 17.0 Å². The molecule has 3 aromatic heterocycles. The number of halogens is 1. The largest absolute Gasteiger partial charge is 0.383 e. The summed E-state index contributed by atoms with van der Waals surface area (Å²) in [6.07, 6.45) is 1.67. The summed E-state index contributed by atoms with van der Waals surface area (Å²) < 4.78 is 15.6. The van der Waals surface area contributed by atoms with E-state index >= 15 is 0 Å². The molecule has 0 radical (unpaired) electrons. The van der Waals surface area contributed by atoms with Crippen LogP contribution < -0.4 is 11.1 Å². The maximum atomic E-state index is 13.5. The molecule has 7 nitrogen and oxygen atoms in total. The van der Waals surface area contributed by atoms with Crippen molar-refractivity contribution in [2.45, 2.75) is 6.54 Å². The molecule has 2 fully saturated rings. The van der Waals surface area contributed by atoms with E-state index in [4.69, 9.17) is 15.7 Å². The Kier molecular flexibility index (Phi) is 5.64. The molecular weight excluding hydrogens is 477 g/mol. The zero-order chi connectivity index (χ0) is 25.6. The van der Waals surface area contributed by atoms with E-state index in [-0.39, 0.29) is 5.82 Å². The Morgan fingerprint density at radius 2 is 1.66 bits per heavy atom. The molecule has 3 N–H and O–H groups in total. The Hall–Kier alpha value is -4.14. The molecule has 0 bridgehead atoms. The predicted molar refractivity (Wildman–Crippen MR) is 147 cm³/mol. The Labute approximate surface area is 220 Å². The number of hydrogen-bond acceptors (Lipinski definition) is 6. The maximum absolute atomic E-state index is 13.5. The molecular formula is C30H28FN7. The fourth-order valence-corrected chi connectivity index (χ4v) is 5.86. The number of nitrogens with zero attached hydrogens (tertiary/aromatic N) is 5. The van der Waals surface area contributed by atoms with Gasteiger partial charge in [-0.1, -0.05) is 12.1 Å². The first-order chi connectivity index (χ1) is 18.6. The van der Waals surface area contributed by atoms with E-state index in [9.17, 15) is 4.39 Å². The zero-order valence-electron chi connectivity index (χ0n) is 20.9. The van der Waals surface area contributed by atoms with E-state index < -0.39 is 0 Å². The SMILES string of the molecule is Nc1ncccc1-c1nc2ccc(-c3ccc(F)cc3)nc2n1-c1ccc(CN2C[C@H]3CNC[C@@H]3C2)cc1. The average Bonchev–Trinajstić information content (AvgIpc) is 3.63. The van der Waals surface area contributed by atoms with Gasteiger partial charge in [-0.2, -0.15) is 0 Å². The number of nitrogen functional groups attached to an aromatic ring is 1. The highest BCUT2D eigenvalue weighted by molar-refractivity contribution is 5.84. The molecule has 7 rings (SSSR count). The number of rotatable bonds is 5. The van der Waals surface area contributed by atoms with Crippen molar-refractivity contribution in [3.8, 4) is 28.3 Å². The second-order valence-electron chi connectivity index (χ2n) is 10.3. The molecule has 38 heavy (non-hydrogen) atoms. The van der Waals surface area contributed by atoms with E-state index in [1.807, 2.05) is 28.8 Å². The lowest BCUT2D eigenvalue weighted by Crippen LogP contribution is -2.25. The summed E-state index contributed by atoms with van der Waals surface area (Å²) in [5, 5.41) is 3.51. The number of pyridine rings is 2. The number of fused-ring (bicyclic) bond motifs is 2. The van der Waals surface area contributed by atoms with Gasteiger partial charge in [-0.25, -0.2) is 19.3 Å². The molecule has 2 atom stereocenters. The van der Waals surface area contributed by atoms with Crippen molar-refractivity contribution in [1.29, 1.82) is 0 Å². The lowest BCUT2D eigenvalue weighted by atomic mass is 10.0. The van der Waals surface area contributed by atoms with Crippen molar-refractivity contribution in [3.63, 3.8) is 0 Å². The van der Waals surface area contributed by atoms with Gasteiger partial charge in [-0.05, 0) is 91.2 Å². The number of imidazole rings is 1. The lowest BCUT2D eigenvalue weighted by molar-refractivity contribution is 0.305. The summed E-state index contributed by atoms with van der Waals surface area (Å²) in [7, 11) is 0. The zero-order valence-corrected chi connectivity index (χ0v) is 20.9. The summed E-state index contributed by atoms with van der Waals surface area (Å²) >= 11 is 0. The summed E-state index contributed by atoms with van der Waals surface area (Å²) in [4.78, 5) is 16.7. The van der Waals surface area contributed by atoms with Crippen LogP contribution in [0.4, 0.5) is 10.2 Å². The molecule has 0 amide bonds. The molecule has 0 aliphatic carbocycles. The van der Waals surface area contributed by atoms with Gasteiger partial charge in [-0.15, -0.1) is 0 Å². The molecule has 190 valence electrons. The monoisotopic (exact) mass is 505 g/mol. The van der Waals surface area contributed by atoms with Crippen LogP contribution in [0.1, 0.15) is 5.56 Å². The van der Waals surface area contributed by atoms with Crippen molar-refractivity contribution in [2.24, 2.45) is 11.8 Å². The molecule has 2 aliphatic rings. The van der Waals surface area contributed by atoms with Crippen LogP contribution in [0.2, 0.25) is 0 Å². The number of aromatic nitrogens is 4. The van der Waals surface area contributed by atoms with Gasteiger partial charge in [-0.3, -0.25) is 9.47 Å². The molecule has 0 saturated carbocycles. The normalized spacial score (nSPS) is 19.3. The maximum Gasteiger partial charge on any atom is 0.165 e. The fraction of sp³-hybridized carbons (Fsp3) is 0.233. The van der Waals surface area contributed by atoms with Gasteiger partial charge in [0.2, 0.25) is 0 Å². The molecule has 2 saturated heterocycles. The average molecular weight is 506 g/mol. The van der Waals surface area contributed by atoms with Crippen LogP contribution in [0.15, 0.2) is 79.0 Å². The molecule has 0 unspecified atom stereocenters. The van der Waals surface area contributed by atoms with E-state index in [1.165, 1.54) is 17.7 Å². The summed E-state index contributed by atoms with van der Waals surface area (Å²) in [6, 6.07) is 22.6. The third kappa shape index (κ3) is 4.12. The Morgan fingerprint density at radius 3 is 2.39 bits per heavy atom. The first kappa shape index (κ1) is 23.0. The smallest absolute Gasteiger partial charge is 0.165 e. The number of hydrogen-bond donors (Lipinski definition) is 2. The van der Waals surface area contributed by atoms with Gasteiger partial charge in [0, 0.05) is 37.1 Å². The molecule has 2 aliphatic heterocycles. The van der Waals surface area contributed by atoms with Crippen LogP contribution in [0, 0.1) is 17.7 Å². The van der Waals surface area contributed by atoms with E-state index in [1.54, 1.807) is 18.3 Å². The Morgan fingerprint density at radius 1 is 0.895 bits per heavy atom. The second kappa shape index (κ2) is 9.31. The third-order valence-corrected chi connectivity index (χ3v) is 7.79. The van der Waals surface area contributed by atoms with Crippen molar-refractivity contribution in [3.05, 3.63) is 90.4 Å². The van der Waals surface area contributed by atoms with E-state index in [2.05, 4.69) is 39.5 Å². The van der Waals surface area contributed by atoms with Gasteiger partial charge in [0.25, 0.3) is 0 Å². The van der Waals surface area contributed by atoms with Crippen molar-refractivity contribution in [1.82, 2.24) is 29.7 Å². The lowest BCUT2D eigenvalue weighted by Gasteiger charge is -2.17. The first-order valence-corrected chi connectivity index (χ1v) is 13.0. The Balaban J connectivity index is 1.29. The number of benzene rings is 2. The minimum atomic E-state index is -0.275. The highest BCUT2D eigenvalue weighted by atomic mass is 19.1. The van der Waals surface area contributed by atoms with Gasteiger partial charge in [0.15, 0.2) is 11.5 Å². The fourth-order valence-electron chi connectivity index (χ4n) is 5.86. The predicted octanol–water partition coefficient (Wildman–Crippen LogP) is 4.52. The van der Waals surface area contributed by atoms with E-state index in [0.717, 1.165) is 72.6 Å². The van der Waals surface area contributed by atoms with Crippen LogP contribution >= 0.6 is 0 Å². The van der Waals surface area contributed by atoms with Crippen molar-refractivity contribution < 1.29 is 4.39 Å². The summed E-state index contributed by atoms with van der Waals surface area (Å²) in [5.74, 6) is 2.37.